The minimum atomic E-state index is -0.459. The van der Waals surface area contributed by atoms with Crippen LogP contribution in [0.1, 0.15) is 0 Å². The smallest absolute Gasteiger partial charge is 0.118 e. The second kappa shape index (κ2) is 8.19. The molecule has 0 N–H and O–H groups in total. The predicted octanol–water partition coefficient (Wildman–Crippen LogP) is 5.91. The largest absolute Gasteiger partial charge is 0.497 e. The minimum absolute atomic E-state index is 0.459. The standard InChI is InChI=1S/C20H18ClNO2S/c1-23-17-7-11-19(12-8-17)25(20-13-9-18(24-2)10-14-20)22-16-5-3-15(21)4-6-16/h3-14H,1-2H3. The monoisotopic (exact) mass is 371 g/mol. The Morgan fingerprint density at radius 3 is 1.52 bits per heavy atom. The van der Waals surface area contributed by atoms with Crippen LogP contribution in [-0.4, -0.2) is 14.2 Å². The molecule has 0 saturated heterocycles. The fraction of sp³-hybridized carbons (Fsp3) is 0.100. The van der Waals surface area contributed by atoms with Crippen LogP contribution in [0.15, 0.2) is 87.0 Å². The van der Waals surface area contributed by atoms with E-state index in [9.17, 15) is 0 Å². The van der Waals surface area contributed by atoms with E-state index < -0.39 is 10.7 Å². The summed E-state index contributed by atoms with van der Waals surface area (Å²) >= 11 is 5.98. The molecule has 3 nitrogen and oxygen atoms in total. The van der Waals surface area contributed by atoms with E-state index >= 15 is 0 Å². The third-order valence-electron chi connectivity index (χ3n) is 3.59. The number of hydrogen-bond acceptors (Lipinski definition) is 3. The van der Waals surface area contributed by atoms with Crippen LogP contribution in [0.25, 0.3) is 0 Å². The van der Waals surface area contributed by atoms with Gasteiger partial charge in [0.25, 0.3) is 0 Å². The first kappa shape index (κ1) is 17.5. The maximum atomic E-state index is 5.98. The molecule has 0 spiro atoms. The van der Waals surface area contributed by atoms with Crippen molar-refractivity contribution in [2.45, 2.75) is 9.79 Å². The van der Waals surface area contributed by atoms with Crippen LogP contribution >= 0.6 is 11.6 Å². The molecule has 0 bridgehead atoms. The van der Waals surface area contributed by atoms with Crippen molar-refractivity contribution in [3.05, 3.63) is 77.8 Å². The fourth-order valence-electron chi connectivity index (χ4n) is 2.26. The lowest BCUT2D eigenvalue weighted by Gasteiger charge is -2.11. The Bertz CT molecular complexity index is 810. The Morgan fingerprint density at radius 1 is 0.680 bits per heavy atom. The molecular formula is C20H18ClNO2S. The lowest BCUT2D eigenvalue weighted by atomic mass is 10.3. The Hall–Kier alpha value is -2.30. The van der Waals surface area contributed by atoms with Gasteiger partial charge in [-0.05, 0) is 83.5 Å². The SMILES string of the molecule is COc1ccc(S(=Nc2ccc(Cl)cc2)c2ccc(OC)cc2)cc1. The molecule has 128 valence electrons. The van der Waals surface area contributed by atoms with Crippen molar-refractivity contribution in [2.75, 3.05) is 14.2 Å². The summed E-state index contributed by atoms with van der Waals surface area (Å²) in [7, 11) is 2.87. The fourth-order valence-corrected chi connectivity index (χ4v) is 3.99. The minimum Gasteiger partial charge on any atom is -0.497 e. The van der Waals surface area contributed by atoms with Gasteiger partial charge < -0.3 is 9.47 Å². The number of halogens is 1. The third-order valence-corrected chi connectivity index (χ3v) is 5.67. The number of benzene rings is 3. The molecule has 0 atom stereocenters. The van der Waals surface area contributed by atoms with Crippen LogP contribution in [0.3, 0.4) is 0 Å². The van der Waals surface area contributed by atoms with Crippen molar-refractivity contribution in [1.29, 1.82) is 0 Å². The van der Waals surface area contributed by atoms with Crippen LogP contribution in [0.5, 0.6) is 11.5 Å². The van der Waals surface area contributed by atoms with Crippen molar-refractivity contribution in [3.8, 4) is 11.5 Å². The highest BCUT2D eigenvalue weighted by Crippen LogP contribution is 2.27. The number of methoxy groups -OCH3 is 2. The molecule has 0 amide bonds. The van der Waals surface area contributed by atoms with E-state index in [1.807, 2.05) is 72.8 Å². The number of hydrogen-bond donors (Lipinski definition) is 0. The zero-order valence-electron chi connectivity index (χ0n) is 14.0. The number of ether oxygens (including phenoxy) is 2. The van der Waals surface area contributed by atoms with Crippen LogP contribution in [-0.2, 0) is 10.7 Å². The van der Waals surface area contributed by atoms with Gasteiger partial charge in [-0.3, -0.25) is 0 Å². The summed E-state index contributed by atoms with van der Waals surface area (Å²) in [5.41, 5.74) is 0.888. The van der Waals surface area contributed by atoms with Crippen molar-refractivity contribution in [3.63, 3.8) is 0 Å². The Labute approximate surface area is 155 Å². The first-order valence-corrected chi connectivity index (χ1v) is 9.25. The first-order valence-electron chi connectivity index (χ1n) is 7.69. The molecule has 0 fully saturated rings. The molecule has 0 aliphatic rings. The zero-order valence-corrected chi connectivity index (χ0v) is 15.6. The number of rotatable bonds is 5. The summed E-state index contributed by atoms with van der Waals surface area (Å²) in [6, 6.07) is 23.6. The first-order chi connectivity index (χ1) is 12.2. The average molecular weight is 372 g/mol. The van der Waals surface area contributed by atoms with Gasteiger partial charge in [-0.15, -0.1) is 0 Å². The molecule has 25 heavy (non-hydrogen) atoms. The summed E-state index contributed by atoms with van der Waals surface area (Å²) in [6.07, 6.45) is 0. The van der Waals surface area contributed by atoms with Gasteiger partial charge in [0, 0.05) is 14.8 Å². The molecule has 3 rings (SSSR count). The van der Waals surface area contributed by atoms with Crippen molar-refractivity contribution < 1.29 is 9.47 Å². The molecule has 0 unspecified atom stereocenters. The topological polar surface area (TPSA) is 30.8 Å². The van der Waals surface area contributed by atoms with Crippen molar-refractivity contribution >= 4 is 28.0 Å². The maximum Gasteiger partial charge on any atom is 0.118 e. The van der Waals surface area contributed by atoms with E-state index in [0.29, 0.717) is 5.02 Å². The highest BCUT2D eigenvalue weighted by atomic mass is 35.5. The van der Waals surface area contributed by atoms with Crippen LogP contribution < -0.4 is 9.47 Å². The Morgan fingerprint density at radius 2 is 1.12 bits per heavy atom. The predicted molar refractivity (Wildman–Crippen MR) is 103 cm³/mol. The second-order valence-electron chi connectivity index (χ2n) is 5.20. The van der Waals surface area contributed by atoms with E-state index in [2.05, 4.69) is 0 Å². The summed E-state index contributed by atoms with van der Waals surface area (Å²) in [5, 5.41) is 0.702. The quantitative estimate of drug-likeness (QED) is 0.558. The molecule has 0 aliphatic heterocycles. The Kier molecular flexibility index (Phi) is 5.74. The molecule has 5 heteroatoms. The van der Waals surface area contributed by atoms with E-state index in [4.69, 9.17) is 25.4 Å². The van der Waals surface area contributed by atoms with Gasteiger partial charge in [-0.2, -0.15) is 0 Å². The van der Waals surface area contributed by atoms with E-state index in [1.54, 1.807) is 14.2 Å². The van der Waals surface area contributed by atoms with E-state index in [-0.39, 0.29) is 0 Å². The van der Waals surface area contributed by atoms with Crippen LogP contribution in [0.2, 0.25) is 5.02 Å². The Balaban J connectivity index is 2.07. The molecule has 0 aromatic heterocycles. The van der Waals surface area contributed by atoms with Gasteiger partial charge in [0.15, 0.2) is 0 Å². The van der Waals surface area contributed by atoms with Gasteiger partial charge in [0.2, 0.25) is 0 Å². The summed E-state index contributed by atoms with van der Waals surface area (Å²) in [5.74, 6) is 1.65. The van der Waals surface area contributed by atoms with Gasteiger partial charge in [-0.1, -0.05) is 11.6 Å². The number of nitrogens with zero attached hydrogens (tertiary/aromatic N) is 1. The summed E-state index contributed by atoms with van der Waals surface area (Å²) in [4.78, 5) is 2.22. The van der Waals surface area contributed by atoms with Crippen LogP contribution in [0, 0.1) is 0 Å². The molecule has 0 saturated carbocycles. The molecule has 0 heterocycles. The summed E-state index contributed by atoms with van der Waals surface area (Å²) < 4.78 is 15.5. The molecule has 0 aliphatic carbocycles. The molecule has 3 aromatic rings. The second-order valence-corrected chi connectivity index (χ2v) is 7.33. The summed E-state index contributed by atoms with van der Waals surface area (Å²) in [6.45, 7) is 0. The van der Waals surface area contributed by atoms with Crippen LogP contribution in [0.4, 0.5) is 5.69 Å². The van der Waals surface area contributed by atoms with E-state index in [1.165, 1.54) is 0 Å². The lowest BCUT2D eigenvalue weighted by molar-refractivity contribution is 0.414. The third kappa shape index (κ3) is 4.41. The average Bonchev–Trinajstić information content (AvgIpc) is 2.68. The van der Waals surface area contributed by atoms with E-state index in [0.717, 1.165) is 27.0 Å². The van der Waals surface area contributed by atoms with Gasteiger partial charge in [-0.25, -0.2) is 4.36 Å². The molecule has 0 radical (unpaired) electrons. The highest BCUT2D eigenvalue weighted by Gasteiger charge is 2.07. The lowest BCUT2D eigenvalue weighted by Crippen LogP contribution is -1.94. The highest BCUT2D eigenvalue weighted by molar-refractivity contribution is 7.87. The van der Waals surface area contributed by atoms with Crippen molar-refractivity contribution in [1.82, 2.24) is 0 Å². The van der Waals surface area contributed by atoms with Gasteiger partial charge >= 0.3 is 0 Å². The maximum absolute atomic E-state index is 5.98. The van der Waals surface area contributed by atoms with Crippen molar-refractivity contribution in [2.24, 2.45) is 4.36 Å². The zero-order chi connectivity index (χ0) is 17.6. The molecular weight excluding hydrogens is 354 g/mol. The van der Waals surface area contributed by atoms with Gasteiger partial charge in [0.1, 0.15) is 11.5 Å². The normalized spacial score (nSPS) is 10.6. The van der Waals surface area contributed by atoms with Gasteiger partial charge in [0.05, 0.1) is 19.9 Å². The molecule has 3 aromatic carbocycles.